The van der Waals surface area contributed by atoms with Gasteiger partial charge in [-0.15, -0.1) is 0 Å². The molecule has 0 bridgehead atoms. The number of amides is 4. The van der Waals surface area contributed by atoms with Crippen molar-refractivity contribution in [3.05, 3.63) is 0 Å². The van der Waals surface area contributed by atoms with E-state index in [1.54, 1.807) is 0 Å². The van der Waals surface area contributed by atoms with Crippen molar-refractivity contribution in [1.29, 1.82) is 0 Å². The van der Waals surface area contributed by atoms with Crippen molar-refractivity contribution in [3.63, 3.8) is 0 Å². The molecule has 4 amide bonds. The van der Waals surface area contributed by atoms with Crippen LogP contribution in [0.1, 0.15) is 32.1 Å². The number of carbonyl (C=O) groups excluding carboxylic acids is 3. The van der Waals surface area contributed by atoms with Crippen molar-refractivity contribution in [2.75, 3.05) is 12.3 Å². The summed E-state index contributed by atoms with van der Waals surface area (Å²) < 4.78 is 0. The summed E-state index contributed by atoms with van der Waals surface area (Å²) in [5.74, 6) is 0.437. The normalized spacial score (nSPS) is 30.6. The van der Waals surface area contributed by atoms with Crippen molar-refractivity contribution < 1.29 is 14.4 Å². The highest BCUT2D eigenvalue weighted by Gasteiger charge is 2.57. The molecule has 1 atom stereocenters. The molecule has 1 saturated carbocycles. The molecule has 2 heterocycles. The van der Waals surface area contributed by atoms with E-state index in [4.69, 9.17) is 0 Å². The molecule has 2 saturated heterocycles. The predicted molar refractivity (Wildman–Crippen MR) is 67.0 cm³/mol. The summed E-state index contributed by atoms with van der Waals surface area (Å²) in [6.07, 6.45) is 4.24. The van der Waals surface area contributed by atoms with E-state index in [0.717, 1.165) is 25.0 Å². The molecule has 0 aromatic heterocycles. The summed E-state index contributed by atoms with van der Waals surface area (Å²) >= 11 is 1.81. The van der Waals surface area contributed by atoms with Gasteiger partial charge in [0.25, 0.3) is 0 Å². The number of rotatable bonds is 2. The number of urea groups is 1. The molecule has 0 radical (unpaired) electrons. The fourth-order valence-corrected chi connectivity index (χ4v) is 4.12. The van der Waals surface area contributed by atoms with E-state index in [-0.39, 0.29) is 11.8 Å². The molecular formula is C12H16N2O3S. The minimum absolute atomic E-state index is 0.269. The Morgan fingerprint density at radius 3 is 2.61 bits per heavy atom. The van der Waals surface area contributed by atoms with Crippen LogP contribution in [-0.4, -0.2) is 40.3 Å². The van der Waals surface area contributed by atoms with Gasteiger partial charge in [-0.3, -0.25) is 19.8 Å². The zero-order chi connectivity index (χ0) is 12.8. The van der Waals surface area contributed by atoms with Gasteiger partial charge in [0.1, 0.15) is 5.41 Å². The molecule has 0 aromatic carbocycles. The lowest BCUT2D eigenvalue weighted by Crippen LogP contribution is -2.66. The smallest absolute Gasteiger partial charge is 0.277 e. The molecular weight excluding hydrogens is 252 g/mol. The van der Waals surface area contributed by atoms with Crippen LogP contribution in [0.15, 0.2) is 0 Å². The highest BCUT2D eigenvalue weighted by Crippen LogP contribution is 2.44. The van der Waals surface area contributed by atoms with Gasteiger partial charge in [-0.25, -0.2) is 4.79 Å². The first-order chi connectivity index (χ1) is 8.63. The van der Waals surface area contributed by atoms with Gasteiger partial charge in [-0.05, 0) is 31.4 Å². The van der Waals surface area contributed by atoms with Crippen LogP contribution < -0.4 is 5.32 Å². The minimum atomic E-state index is -0.919. The lowest BCUT2D eigenvalue weighted by molar-refractivity contribution is -0.157. The van der Waals surface area contributed by atoms with Gasteiger partial charge in [-0.2, -0.15) is 11.8 Å². The fraction of sp³-hybridized carbons (Fsp3) is 0.750. The first-order valence-electron chi connectivity index (χ1n) is 6.42. The number of nitrogens with zero attached hydrogens (tertiary/aromatic N) is 1. The van der Waals surface area contributed by atoms with Crippen LogP contribution in [0.5, 0.6) is 0 Å². The third-order valence-corrected chi connectivity index (χ3v) is 5.55. The zero-order valence-corrected chi connectivity index (χ0v) is 10.9. The maximum absolute atomic E-state index is 12.4. The molecule has 98 valence electrons. The average Bonchev–Trinajstić information content (AvgIpc) is 2.74. The van der Waals surface area contributed by atoms with Crippen LogP contribution in [0.4, 0.5) is 4.79 Å². The van der Waals surface area contributed by atoms with E-state index in [1.807, 2.05) is 11.8 Å². The molecule has 2 aliphatic heterocycles. The molecule has 18 heavy (non-hydrogen) atoms. The van der Waals surface area contributed by atoms with Crippen LogP contribution in [0.3, 0.4) is 0 Å². The summed E-state index contributed by atoms with van der Waals surface area (Å²) in [5, 5.41) is 2.68. The molecule has 0 aromatic rings. The van der Waals surface area contributed by atoms with E-state index in [2.05, 4.69) is 5.32 Å². The number of hydrogen-bond donors (Lipinski definition) is 1. The monoisotopic (exact) mass is 268 g/mol. The van der Waals surface area contributed by atoms with Gasteiger partial charge in [-0.1, -0.05) is 6.42 Å². The van der Waals surface area contributed by atoms with Crippen LogP contribution in [0.2, 0.25) is 0 Å². The fourth-order valence-electron chi connectivity index (χ4n) is 2.86. The van der Waals surface area contributed by atoms with Gasteiger partial charge in [0.15, 0.2) is 0 Å². The molecule has 6 heteroatoms. The molecule has 3 aliphatic rings. The van der Waals surface area contributed by atoms with Crippen LogP contribution >= 0.6 is 11.8 Å². The lowest BCUT2D eigenvalue weighted by Gasteiger charge is -2.44. The predicted octanol–water partition coefficient (Wildman–Crippen LogP) is 1.13. The van der Waals surface area contributed by atoms with Crippen LogP contribution in [0.25, 0.3) is 0 Å². The Morgan fingerprint density at radius 2 is 2.06 bits per heavy atom. The molecule has 1 aliphatic carbocycles. The Morgan fingerprint density at radius 1 is 1.28 bits per heavy atom. The zero-order valence-electron chi connectivity index (χ0n) is 10.1. The summed E-state index contributed by atoms with van der Waals surface area (Å²) in [6.45, 7) is 0.449. The van der Waals surface area contributed by atoms with Crippen molar-refractivity contribution in [3.8, 4) is 0 Å². The second-order valence-corrected chi connectivity index (χ2v) is 6.65. The highest BCUT2D eigenvalue weighted by atomic mass is 32.2. The third kappa shape index (κ3) is 1.66. The Hall–Kier alpha value is -1.04. The second-order valence-electron chi connectivity index (χ2n) is 5.25. The van der Waals surface area contributed by atoms with E-state index in [0.29, 0.717) is 24.6 Å². The quantitative estimate of drug-likeness (QED) is 0.762. The summed E-state index contributed by atoms with van der Waals surface area (Å²) in [4.78, 5) is 37.3. The second kappa shape index (κ2) is 4.26. The first-order valence-corrected chi connectivity index (χ1v) is 7.47. The van der Waals surface area contributed by atoms with Gasteiger partial charge >= 0.3 is 6.03 Å². The molecule has 1 spiro atoms. The van der Waals surface area contributed by atoms with Crippen molar-refractivity contribution in [2.45, 2.75) is 37.4 Å². The van der Waals surface area contributed by atoms with Crippen molar-refractivity contribution in [2.24, 2.45) is 5.41 Å². The Kier molecular flexibility index (Phi) is 2.84. The Labute approximate surface area is 110 Å². The number of imide groups is 2. The Bertz CT molecular complexity index is 414. The van der Waals surface area contributed by atoms with Crippen LogP contribution in [-0.2, 0) is 9.59 Å². The van der Waals surface area contributed by atoms with Gasteiger partial charge in [0.2, 0.25) is 11.8 Å². The molecule has 5 nitrogen and oxygen atoms in total. The number of carbonyl (C=O) groups is 3. The average molecular weight is 268 g/mol. The van der Waals surface area contributed by atoms with Crippen molar-refractivity contribution >= 4 is 29.6 Å². The minimum Gasteiger partial charge on any atom is -0.277 e. The van der Waals surface area contributed by atoms with Gasteiger partial charge < -0.3 is 0 Å². The van der Waals surface area contributed by atoms with Gasteiger partial charge in [0, 0.05) is 11.8 Å². The summed E-state index contributed by atoms with van der Waals surface area (Å²) in [6, 6.07) is -0.532. The van der Waals surface area contributed by atoms with E-state index in [9.17, 15) is 14.4 Å². The number of hydrogen-bond acceptors (Lipinski definition) is 4. The topological polar surface area (TPSA) is 66.5 Å². The van der Waals surface area contributed by atoms with E-state index >= 15 is 0 Å². The standard InChI is InChI=1S/C12H16N2O3S/c15-9-12(4-2-5-12)10(16)14(11(17)13-9)7-8-3-1-6-18-8/h8H,1-7H2,(H,13,15,17). The number of thioether (sulfide) groups is 1. The molecule has 3 rings (SSSR count). The molecule has 3 fully saturated rings. The van der Waals surface area contributed by atoms with E-state index in [1.165, 1.54) is 4.90 Å². The SMILES string of the molecule is O=C1NC(=O)C2(CCC2)C(=O)N1CC1CCCS1. The third-order valence-electron chi connectivity index (χ3n) is 4.17. The highest BCUT2D eigenvalue weighted by molar-refractivity contribution is 8.00. The van der Waals surface area contributed by atoms with Crippen LogP contribution in [0, 0.1) is 5.41 Å². The van der Waals surface area contributed by atoms with Crippen molar-refractivity contribution in [1.82, 2.24) is 10.2 Å². The maximum atomic E-state index is 12.4. The maximum Gasteiger partial charge on any atom is 0.330 e. The Balaban J connectivity index is 1.77. The molecule has 1 unspecified atom stereocenters. The summed E-state index contributed by atoms with van der Waals surface area (Å²) in [5.41, 5.74) is -0.919. The largest absolute Gasteiger partial charge is 0.330 e. The first kappa shape index (κ1) is 12.0. The molecule has 1 N–H and O–H groups in total. The summed E-state index contributed by atoms with van der Waals surface area (Å²) in [7, 11) is 0. The van der Waals surface area contributed by atoms with E-state index < -0.39 is 11.4 Å². The number of nitrogens with one attached hydrogen (secondary N) is 1. The lowest BCUT2D eigenvalue weighted by atomic mass is 9.66. The van der Waals surface area contributed by atoms with Gasteiger partial charge in [0.05, 0.1) is 0 Å². The number of barbiturate groups is 1.